The van der Waals surface area contributed by atoms with Crippen molar-refractivity contribution in [2.24, 2.45) is 0 Å². The number of carbonyl (C=O) groups excluding carboxylic acids is 2. The lowest BCUT2D eigenvalue weighted by Crippen LogP contribution is -2.46. The Morgan fingerprint density at radius 2 is 0.917 bits per heavy atom. The minimum absolute atomic E-state index is 0.0702. The molecule has 3 atom stereocenters. The molecule has 0 bridgehead atoms. The summed E-state index contributed by atoms with van der Waals surface area (Å²) >= 11 is 0. The number of hydrogen-bond acceptors (Lipinski definition) is 5. The van der Waals surface area contributed by atoms with Gasteiger partial charge in [0.2, 0.25) is 5.91 Å². The highest BCUT2D eigenvalue weighted by molar-refractivity contribution is 5.77. The van der Waals surface area contributed by atoms with Crippen LogP contribution in [0.25, 0.3) is 0 Å². The van der Waals surface area contributed by atoms with E-state index in [0.29, 0.717) is 19.3 Å². The molecule has 0 aliphatic heterocycles. The van der Waals surface area contributed by atoms with Crippen molar-refractivity contribution >= 4 is 11.9 Å². The van der Waals surface area contributed by atoms with Gasteiger partial charge in [-0.15, -0.1) is 0 Å². The monoisotopic (exact) mass is 842 g/mol. The van der Waals surface area contributed by atoms with Gasteiger partial charge in [-0.05, 0) is 70.6 Å². The average molecular weight is 842 g/mol. The molecular formula is C54H99NO5. The Labute approximate surface area is 372 Å². The zero-order valence-corrected chi connectivity index (χ0v) is 39.8. The molecule has 350 valence electrons. The zero-order valence-electron chi connectivity index (χ0n) is 39.8. The molecule has 0 radical (unpaired) electrons. The van der Waals surface area contributed by atoms with Crippen molar-refractivity contribution in [3.63, 3.8) is 0 Å². The highest BCUT2D eigenvalue weighted by atomic mass is 16.5. The van der Waals surface area contributed by atoms with Gasteiger partial charge in [0.15, 0.2) is 0 Å². The minimum atomic E-state index is -0.789. The Morgan fingerprint density at radius 3 is 1.40 bits per heavy atom. The smallest absolute Gasteiger partial charge is 0.306 e. The van der Waals surface area contributed by atoms with Gasteiger partial charge < -0.3 is 20.3 Å². The largest absolute Gasteiger partial charge is 0.462 e. The summed E-state index contributed by atoms with van der Waals surface area (Å²) in [5.41, 5.74) is 0. The first-order chi connectivity index (χ1) is 29.5. The van der Waals surface area contributed by atoms with E-state index in [1.54, 1.807) is 0 Å². The molecule has 0 fully saturated rings. The molecule has 0 rings (SSSR count). The fourth-order valence-electron chi connectivity index (χ4n) is 7.78. The van der Waals surface area contributed by atoms with Crippen LogP contribution in [0.5, 0.6) is 0 Å². The Kier molecular flexibility index (Phi) is 46.1. The Bertz CT molecular complexity index is 1040. The molecule has 0 aromatic heterocycles. The van der Waals surface area contributed by atoms with E-state index in [1.165, 1.54) is 141 Å². The molecule has 0 aromatic rings. The summed E-state index contributed by atoms with van der Waals surface area (Å²) in [6, 6.07) is -0.703. The summed E-state index contributed by atoms with van der Waals surface area (Å²) in [5.74, 6) is -0.487. The van der Waals surface area contributed by atoms with Gasteiger partial charge >= 0.3 is 5.97 Å². The van der Waals surface area contributed by atoms with Gasteiger partial charge in [-0.1, -0.05) is 223 Å². The van der Waals surface area contributed by atoms with E-state index in [1.807, 2.05) is 0 Å². The van der Waals surface area contributed by atoms with Gasteiger partial charge in [0.1, 0.15) is 6.10 Å². The topological polar surface area (TPSA) is 95.9 Å². The van der Waals surface area contributed by atoms with Crippen molar-refractivity contribution in [2.75, 3.05) is 6.61 Å². The summed E-state index contributed by atoms with van der Waals surface area (Å²) in [5, 5.41) is 23.7. The SMILES string of the molecule is CC/C=C/C=C/C=C/CCCCCCCCCC(=O)OC(CCCCCCCCC/C=C/CCCCCCCC)CC(=O)NC(CO)C(O)CCCCCCCCCCC. The quantitative estimate of drug-likeness (QED) is 0.0246. The van der Waals surface area contributed by atoms with Crippen LogP contribution in [0.15, 0.2) is 48.6 Å². The van der Waals surface area contributed by atoms with Crippen LogP contribution in [-0.2, 0) is 14.3 Å². The molecule has 1 amide bonds. The van der Waals surface area contributed by atoms with Crippen LogP contribution in [0, 0.1) is 0 Å². The van der Waals surface area contributed by atoms with Crippen LogP contribution in [0.2, 0.25) is 0 Å². The maximum Gasteiger partial charge on any atom is 0.306 e. The van der Waals surface area contributed by atoms with Crippen molar-refractivity contribution < 1.29 is 24.5 Å². The number of aliphatic hydroxyl groups is 2. The molecular weight excluding hydrogens is 743 g/mol. The molecule has 0 aromatic carbocycles. The normalized spacial score (nSPS) is 13.6. The molecule has 3 unspecified atom stereocenters. The second-order valence-corrected chi connectivity index (χ2v) is 17.6. The fourth-order valence-corrected chi connectivity index (χ4v) is 7.78. The highest BCUT2D eigenvalue weighted by Crippen LogP contribution is 2.18. The number of aliphatic hydroxyl groups excluding tert-OH is 2. The van der Waals surface area contributed by atoms with E-state index in [0.717, 1.165) is 70.6 Å². The summed E-state index contributed by atoms with van der Waals surface area (Å²) < 4.78 is 5.93. The summed E-state index contributed by atoms with van der Waals surface area (Å²) in [6.07, 6.45) is 57.4. The molecule has 0 spiro atoms. The van der Waals surface area contributed by atoms with Gasteiger partial charge in [0.25, 0.3) is 0 Å². The molecule has 6 heteroatoms. The molecule has 3 N–H and O–H groups in total. The molecule has 0 saturated carbocycles. The molecule has 0 heterocycles. The number of nitrogens with one attached hydrogen (secondary N) is 1. The maximum absolute atomic E-state index is 13.2. The van der Waals surface area contributed by atoms with E-state index in [4.69, 9.17) is 4.74 Å². The van der Waals surface area contributed by atoms with Gasteiger partial charge in [-0.25, -0.2) is 0 Å². The standard InChI is InChI=1S/C54H99NO5/c1-4-7-10-13-16-19-21-23-25-26-28-29-31-34-36-39-42-45-50(48-53(58)55-51(49-56)52(57)46-43-40-37-33-18-15-12-9-6-3)60-54(59)47-44-41-38-35-32-30-27-24-22-20-17-14-11-8-5-2/h8,11,14,17,20,22-23,25,50-52,56-57H,4-7,9-10,12-13,15-16,18-19,21,24,26-49H2,1-3H3,(H,55,58)/b11-8+,17-14+,22-20+,25-23+. The van der Waals surface area contributed by atoms with Crippen molar-refractivity contribution in [2.45, 2.75) is 277 Å². The number of amides is 1. The summed E-state index contributed by atoms with van der Waals surface area (Å²) in [6.45, 7) is 6.34. The molecule has 6 nitrogen and oxygen atoms in total. The number of carbonyl (C=O) groups is 2. The van der Waals surface area contributed by atoms with E-state index >= 15 is 0 Å². The third-order valence-electron chi connectivity index (χ3n) is 11.7. The first-order valence-electron chi connectivity index (χ1n) is 25.9. The Balaban J connectivity index is 4.58. The van der Waals surface area contributed by atoms with E-state index in [-0.39, 0.29) is 24.9 Å². The first kappa shape index (κ1) is 57.8. The van der Waals surface area contributed by atoms with Crippen LogP contribution in [-0.4, -0.2) is 46.9 Å². The first-order valence-corrected chi connectivity index (χ1v) is 25.9. The van der Waals surface area contributed by atoms with Crippen LogP contribution in [0.1, 0.15) is 258 Å². The number of hydrogen-bond donors (Lipinski definition) is 3. The third-order valence-corrected chi connectivity index (χ3v) is 11.7. The predicted molar refractivity (Wildman–Crippen MR) is 259 cm³/mol. The van der Waals surface area contributed by atoms with E-state index in [2.05, 4.69) is 74.7 Å². The van der Waals surface area contributed by atoms with Crippen LogP contribution < -0.4 is 5.32 Å². The summed E-state index contributed by atoms with van der Waals surface area (Å²) in [4.78, 5) is 26.1. The van der Waals surface area contributed by atoms with Crippen molar-refractivity contribution in [3.8, 4) is 0 Å². The minimum Gasteiger partial charge on any atom is -0.462 e. The van der Waals surface area contributed by atoms with E-state index in [9.17, 15) is 19.8 Å². The second kappa shape index (κ2) is 47.9. The van der Waals surface area contributed by atoms with Crippen LogP contribution in [0.4, 0.5) is 0 Å². The lowest BCUT2D eigenvalue weighted by atomic mass is 10.0. The highest BCUT2D eigenvalue weighted by Gasteiger charge is 2.24. The van der Waals surface area contributed by atoms with Gasteiger partial charge in [-0.3, -0.25) is 9.59 Å². The van der Waals surface area contributed by atoms with Gasteiger partial charge in [-0.2, -0.15) is 0 Å². The van der Waals surface area contributed by atoms with Crippen molar-refractivity contribution in [3.05, 3.63) is 48.6 Å². The average Bonchev–Trinajstić information content (AvgIpc) is 3.24. The Hall–Kier alpha value is -2.18. The molecule has 0 aliphatic carbocycles. The number of allylic oxidation sites excluding steroid dienone is 8. The Morgan fingerprint density at radius 1 is 0.500 bits per heavy atom. The number of esters is 1. The zero-order chi connectivity index (χ0) is 43.8. The fraction of sp³-hybridized carbons (Fsp3) is 0.815. The van der Waals surface area contributed by atoms with E-state index < -0.39 is 18.2 Å². The lowest BCUT2D eigenvalue weighted by Gasteiger charge is -2.24. The molecule has 0 aliphatic rings. The number of ether oxygens (including phenoxy) is 1. The van der Waals surface area contributed by atoms with Gasteiger partial charge in [0, 0.05) is 6.42 Å². The number of unbranched alkanes of at least 4 members (excludes halogenated alkanes) is 28. The lowest BCUT2D eigenvalue weighted by molar-refractivity contribution is -0.151. The van der Waals surface area contributed by atoms with Crippen molar-refractivity contribution in [1.82, 2.24) is 5.32 Å². The van der Waals surface area contributed by atoms with Crippen LogP contribution in [0.3, 0.4) is 0 Å². The van der Waals surface area contributed by atoms with Crippen molar-refractivity contribution in [1.29, 1.82) is 0 Å². The van der Waals surface area contributed by atoms with Crippen LogP contribution >= 0.6 is 0 Å². The second-order valence-electron chi connectivity index (χ2n) is 17.6. The molecule has 60 heavy (non-hydrogen) atoms. The molecule has 0 saturated heterocycles. The summed E-state index contributed by atoms with van der Waals surface area (Å²) in [7, 11) is 0. The maximum atomic E-state index is 13.2. The van der Waals surface area contributed by atoms with Gasteiger partial charge in [0.05, 0.1) is 25.2 Å². The predicted octanol–water partition coefficient (Wildman–Crippen LogP) is 15.5. The number of rotatable bonds is 46. The third kappa shape index (κ3) is 42.5.